The van der Waals surface area contributed by atoms with Crippen LogP contribution < -0.4 is 15.5 Å². The molecule has 1 amide bonds. The van der Waals surface area contributed by atoms with Crippen molar-refractivity contribution in [3.63, 3.8) is 0 Å². The number of aryl methyl sites for hydroxylation is 1. The molecule has 0 spiro atoms. The number of carbonyl (C=O) groups excluding carboxylic acids is 1. The second-order valence-corrected chi connectivity index (χ2v) is 7.99. The summed E-state index contributed by atoms with van der Waals surface area (Å²) in [7, 11) is 1.65. The van der Waals surface area contributed by atoms with Crippen molar-refractivity contribution in [2.45, 2.75) is 25.8 Å². The molecule has 32 heavy (non-hydrogen) atoms. The van der Waals surface area contributed by atoms with Gasteiger partial charge < -0.3 is 10.1 Å². The minimum atomic E-state index is -0.466. The van der Waals surface area contributed by atoms with Gasteiger partial charge in [0.1, 0.15) is 5.75 Å². The smallest absolute Gasteiger partial charge is 0.275 e. The van der Waals surface area contributed by atoms with E-state index >= 15 is 0 Å². The number of nitrogens with zero attached hydrogens (tertiary/aromatic N) is 3. The number of methoxy groups -OCH3 is 1. The number of para-hydroxylation sites is 1. The quantitative estimate of drug-likeness (QED) is 0.621. The van der Waals surface area contributed by atoms with Crippen LogP contribution in [0.1, 0.15) is 40.6 Å². The number of amides is 1. The van der Waals surface area contributed by atoms with Crippen molar-refractivity contribution < 1.29 is 9.53 Å². The van der Waals surface area contributed by atoms with Crippen LogP contribution in [0.4, 0.5) is 0 Å². The summed E-state index contributed by atoms with van der Waals surface area (Å²) in [6.45, 7) is 4.13. The molecule has 0 radical (unpaired) electrons. The Bertz CT molecular complexity index is 1140. The molecular weight excluding hydrogens is 404 g/mol. The number of nitrogens with one attached hydrogen (secondary N) is 1. The van der Waals surface area contributed by atoms with E-state index in [2.05, 4.69) is 15.3 Å². The van der Waals surface area contributed by atoms with Crippen LogP contribution in [0.5, 0.6) is 5.75 Å². The predicted octanol–water partition coefficient (Wildman–Crippen LogP) is 3.12. The molecule has 1 fully saturated rings. The summed E-state index contributed by atoms with van der Waals surface area (Å²) in [5.74, 6) is 0.316. The van der Waals surface area contributed by atoms with Crippen LogP contribution in [0.2, 0.25) is 0 Å². The third-order valence-electron chi connectivity index (χ3n) is 5.84. The minimum absolute atomic E-state index is 0.00153. The normalized spacial score (nSPS) is 14.8. The van der Waals surface area contributed by atoms with Crippen molar-refractivity contribution >= 4 is 5.91 Å². The average Bonchev–Trinajstić information content (AvgIpc) is 3.34. The van der Waals surface area contributed by atoms with Gasteiger partial charge in [-0.25, -0.2) is 4.68 Å². The number of carbonyl (C=O) groups is 1. The fourth-order valence-corrected chi connectivity index (χ4v) is 4.17. The first-order valence-corrected chi connectivity index (χ1v) is 10.9. The molecule has 1 saturated heterocycles. The van der Waals surface area contributed by atoms with Gasteiger partial charge in [0, 0.05) is 18.3 Å². The van der Waals surface area contributed by atoms with Gasteiger partial charge in [-0.05, 0) is 62.7 Å². The first kappa shape index (κ1) is 21.8. The molecule has 1 aliphatic rings. The lowest BCUT2D eigenvalue weighted by atomic mass is 10.0. The fourth-order valence-electron chi connectivity index (χ4n) is 4.17. The summed E-state index contributed by atoms with van der Waals surface area (Å²) in [6.07, 6.45) is 2.27. The zero-order chi connectivity index (χ0) is 22.5. The van der Waals surface area contributed by atoms with Crippen LogP contribution in [-0.2, 0) is 0 Å². The van der Waals surface area contributed by atoms with E-state index in [9.17, 15) is 9.59 Å². The molecule has 3 aromatic rings. The Labute approximate surface area is 187 Å². The van der Waals surface area contributed by atoms with Gasteiger partial charge in [0.05, 0.1) is 18.8 Å². The van der Waals surface area contributed by atoms with Gasteiger partial charge in [-0.2, -0.15) is 5.10 Å². The molecule has 166 valence electrons. The van der Waals surface area contributed by atoms with Crippen LogP contribution in [0, 0.1) is 6.92 Å². The van der Waals surface area contributed by atoms with E-state index in [1.54, 1.807) is 18.7 Å². The Morgan fingerprint density at radius 3 is 2.56 bits per heavy atom. The van der Waals surface area contributed by atoms with E-state index in [4.69, 9.17) is 4.74 Å². The standard InChI is InChI=1S/C25H28N4O3/c1-18-15-23(30)24(27-29(18)20-10-4-3-5-11-20)25(31)26-17-22(28-13-6-7-14-28)19-9-8-12-21(16-19)32-2/h3-5,8-12,15-16,22H,6-7,13-14,17H2,1-2H3,(H,26,31). The highest BCUT2D eigenvalue weighted by atomic mass is 16.5. The van der Waals surface area contributed by atoms with Crippen molar-refractivity contribution in [1.82, 2.24) is 20.0 Å². The van der Waals surface area contributed by atoms with Crippen LogP contribution in [0.25, 0.3) is 5.69 Å². The molecule has 0 aliphatic carbocycles. The number of ether oxygens (including phenoxy) is 1. The third-order valence-corrected chi connectivity index (χ3v) is 5.84. The van der Waals surface area contributed by atoms with Gasteiger partial charge in [0.2, 0.25) is 5.43 Å². The van der Waals surface area contributed by atoms with Gasteiger partial charge in [-0.3, -0.25) is 14.5 Å². The highest BCUT2D eigenvalue weighted by Gasteiger charge is 2.25. The Balaban J connectivity index is 1.57. The second-order valence-electron chi connectivity index (χ2n) is 7.99. The molecule has 2 aromatic carbocycles. The van der Waals surface area contributed by atoms with Crippen molar-refractivity contribution in [3.05, 3.63) is 87.8 Å². The van der Waals surface area contributed by atoms with Crippen molar-refractivity contribution in [2.24, 2.45) is 0 Å². The Kier molecular flexibility index (Phi) is 6.66. The third kappa shape index (κ3) is 4.73. The van der Waals surface area contributed by atoms with Crippen LogP contribution >= 0.6 is 0 Å². The predicted molar refractivity (Wildman–Crippen MR) is 123 cm³/mol. The number of likely N-dealkylation sites (tertiary alicyclic amines) is 1. The first-order valence-electron chi connectivity index (χ1n) is 10.9. The molecule has 1 N–H and O–H groups in total. The van der Waals surface area contributed by atoms with Gasteiger partial charge in [-0.1, -0.05) is 30.3 Å². The van der Waals surface area contributed by atoms with Crippen molar-refractivity contribution in [1.29, 1.82) is 0 Å². The fraction of sp³-hybridized carbons (Fsp3) is 0.320. The number of rotatable bonds is 7. The second kappa shape index (κ2) is 9.78. The van der Waals surface area contributed by atoms with E-state index in [0.29, 0.717) is 12.2 Å². The average molecular weight is 433 g/mol. The lowest BCUT2D eigenvalue weighted by Crippen LogP contribution is -2.39. The lowest BCUT2D eigenvalue weighted by Gasteiger charge is -2.28. The Morgan fingerprint density at radius 2 is 1.84 bits per heavy atom. The number of aromatic nitrogens is 2. The molecule has 0 bridgehead atoms. The molecular formula is C25H28N4O3. The summed E-state index contributed by atoms with van der Waals surface area (Å²) in [5.41, 5.74) is 2.05. The van der Waals surface area contributed by atoms with Crippen LogP contribution in [-0.4, -0.2) is 47.3 Å². The number of benzene rings is 2. The molecule has 1 aromatic heterocycles. The molecule has 7 nitrogen and oxygen atoms in total. The monoisotopic (exact) mass is 432 g/mol. The highest BCUT2D eigenvalue weighted by Crippen LogP contribution is 2.27. The largest absolute Gasteiger partial charge is 0.497 e. The van der Waals surface area contributed by atoms with E-state index < -0.39 is 5.91 Å². The minimum Gasteiger partial charge on any atom is -0.497 e. The zero-order valence-electron chi connectivity index (χ0n) is 18.5. The Morgan fingerprint density at radius 1 is 1.09 bits per heavy atom. The van der Waals surface area contributed by atoms with Crippen LogP contribution in [0.3, 0.4) is 0 Å². The maximum Gasteiger partial charge on any atom is 0.275 e. The van der Waals surface area contributed by atoms with E-state index in [-0.39, 0.29) is 17.2 Å². The Hall–Kier alpha value is -3.45. The maximum atomic E-state index is 13.0. The summed E-state index contributed by atoms with van der Waals surface area (Å²) < 4.78 is 7.01. The summed E-state index contributed by atoms with van der Waals surface area (Å²) >= 11 is 0. The van der Waals surface area contributed by atoms with E-state index in [1.165, 1.54) is 6.07 Å². The molecule has 1 aliphatic heterocycles. The zero-order valence-corrected chi connectivity index (χ0v) is 18.5. The topological polar surface area (TPSA) is 76.5 Å². The molecule has 1 unspecified atom stereocenters. The van der Waals surface area contributed by atoms with Crippen molar-refractivity contribution in [2.75, 3.05) is 26.7 Å². The first-order chi connectivity index (χ1) is 15.6. The van der Waals surface area contributed by atoms with Crippen LogP contribution in [0.15, 0.2) is 65.5 Å². The molecule has 7 heteroatoms. The van der Waals surface area contributed by atoms with Crippen molar-refractivity contribution in [3.8, 4) is 11.4 Å². The maximum absolute atomic E-state index is 13.0. The number of hydrogen-bond acceptors (Lipinski definition) is 5. The highest BCUT2D eigenvalue weighted by molar-refractivity contribution is 5.92. The van der Waals surface area contributed by atoms with E-state index in [0.717, 1.165) is 42.9 Å². The lowest BCUT2D eigenvalue weighted by molar-refractivity contribution is 0.0930. The van der Waals surface area contributed by atoms with Gasteiger partial charge in [-0.15, -0.1) is 0 Å². The summed E-state index contributed by atoms with van der Waals surface area (Å²) in [5, 5.41) is 7.33. The summed E-state index contributed by atoms with van der Waals surface area (Å²) in [4.78, 5) is 27.9. The van der Waals surface area contributed by atoms with Gasteiger partial charge >= 0.3 is 0 Å². The molecule has 4 rings (SSSR count). The molecule has 1 atom stereocenters. The molecule has 0 saturated carbocycles. The number of hydrogen-bond donors (Lipinski definition) is 1. The molecule has 2 heterocycles. The summed E-state index contributed by atoms with van der Waals surface area (Å²) in [6, 6.07) is 18.8. The van der Waals surface area contributed by atoms with E-state index in [1.807, 2.05) is 54.6 Å². The SMILES string of the molecule is COc1cccc(C(CNC(=O)c2nn(-c3ccccc3)c(C)cc2=O)N2CCCC2)c1. The van der Waals surface area contributed by atoms with Gasteiger partial charge in [0.15, 0.2) is 5.69 Å². The van der Waals surface area contributed by atoms with Gasteiger partial charge in [0.25, 0.3) is 5.91 Å².